The largest absolute Gasteiger partial charge is 0.294 e. The molecule has 0 unspecified atom stereocenters. The van der Waals surface area contributed by atoms with E-state index in [4.69, 9.17) is 0 Å². The first-order valence-electron chi connectivity index (χ1n) is 5.15. The van der Waals surface area contributed by atoms with E-state index in [-0.39, 0.29) is 5.78 Å². The third-order valence-electron chi connectivity index (χ3n) is 2.80. The van der Waals surface area contributed by atoms with Crippen molar-refractivity contribution in [1.29, 1.82) is 0 Å². The SMILES string of the molecule is O=C(CC1CC1)c1cnn2ccncc12. The number of carbonyl (C=O) groups is 1. The quantitative estimate of drug-likeness (QED) is 0.710. The minimum Gasteiger partial charge on any atom is -0.294 e. The maximum atomic E-state index is 11.9. The highest BCUT2D eigenvalue weighted by molar-refractivity contribution is 6.02. The van der Waals surface area contributed by atoms with Gasteiger partial charge in [0.15, 0.2) is 5.78 Å². The van der Waals surface area contributed by atoms with E-state index in [1.54, 1.807) is 29.3 Å². The Labute approximate surface area is 86.9 Å². The van der Waals surface area contributed by atoms with E-state index in [0.717, 1.165) is 5.52 Å². The summed E-state index contributed by atoms with van der Waals surface area (Å²) in [4.78, 5) is 15.9. The highest BCUT2D eigenvalue weighted by atomic mass is 16.1. The molecular formula is C11H11N3O. The zero-order chi connectivity index (χ0) is 10.3. The molecule has 76 valence electrons. The van der Waals surface area contributed by atoms with Gasteiger partial charge >= 0.3 is 0 Å². The highest BCUT2D eigenvalue weighted by Crippen LogP contribution is 2.33. The highest BCUT2D eigenvalue weighted by Gasteiger charge is 2.26. The maximum Gasteiger partial charge on any atom is 0.167 e. The maximum absolute atomic E-state index is 11.9. The first-order valence-corrected chi connectivity index (χ1v) is 5.15. The molecule has 0 atom stereocenters. The standard InChI is InChI=1S/C11H11N3O/c15-11(5-8-1-2-8)9-6-13-14-4-3-12-7-10(9)14/h3-4,6-8H,1-2,5H2. The molecule has 0 N–H and O–H groups in total. The van der Waals surface area contributed by atoms with Gasteiger partial charge in [0, 0.05) is 18.8 Å². The molecule has 0 spiro atoms. The minimum absolute atomic E-state index is 0.195. The minimum atomic E-state index is 0.195. The normalized spacial score (nSPS) is 15.7. The van der Waals surface area contributed by atoms with Gasteiger partial charge in [0.05, 0.1) is 23.5 Å². The predicted octanol–water partition coefficient (Wildman–Crippen LogP) is 1.71. The van der Waals surface area contributed by atoms with E-state index in [1.807, 2.05) is 0 Å². The fourth-order valence-electron chi connectivity index (χ4n) is 1.74. The van der Waals surface area contributed by atoms with Gasteiger partial charge in [-0.1, -0.05) is 0 Å². The Morgan fingerprint density at radius 1 is 1.47 bits per heavy atom. The number of hydrogen-bond acceptors (Lipinski definition) is 3. The number of rotatable bonds is 3. The Morgan fingerprint density at radius 2 is 2.33 bits per heavy atom. The molecule has 4 nitrogen and oxygen atoms in total. The first-order chi connectivity index (χ1) is 7.34. The molecule has 4 heteroatoms. The van der Waals surface area contributed by atoms with Crippen LogP contribution in [0.25, 0.3) is 5.52 Å². The van der Waals surface area contributed by atoms with Crippen LogP contribution in [0.5, 0.6) is 0 Å². The van der Waals surface area contributed by atoms with Gasteiger partial charge in [-0.15, -0.1) is 0 Å². The second kappa shape index (κ2) is 3.15. The third-order valence-corrected chi connectivity index (χ3v) is 2.80. The molecule has 0 radical (unpaired) electrons. The summed E-state index contributed by atoms with van der Waals surface area (Å²) in [7, 11) is 0. The topological polar surface area (TPSA) is 47.3 Å². The number of nitrogens with zero attached hydrogens (tertiary/aromatic N) is 3. The number of carbonyl (C=O) groups excluding carboxylic acids is 1. The molecular weight excluding hydrogens is 190 g/mol. The zero-order valence-corrected chi connectivity index (χ0v) is 8.26. The number of fused-ring (bicyclic) bond motifs is 1. The van der Waals surface area contributed by atoms with Gasteiger partial charge < -0.3 is 0 Å². The van der Waals surface area contributed by atoms with Gasteiger partial charge in [-0.3, -0.25) is 9.78 Å². The average molecular weight is 201 g/mol. The van der Waals surface area contributed by atoms with E-state index < -0.39 is 0 Å². The van der Waals surface area contributed by atoms with Crippen LogP contribution in [0, 0.1) is 5.92 Å². The van der Waals surface area contributed by atoms with Crippen LogP contribution in [0.4, 0.5) is 0 Å². The van der Waals surface area contributed by atoms with Crippen molar-refractivity contribution in [3.05, 3.63) is 30.4 Å². The van der Waals surface area contributed by atoms with Crippen molar-refractivity contribution in [3.63, 3.8) is 0 Å². The molecule has 2 aromatic heterocycles. The van der Waals surface area contributed by atoms with Crippen molar-refractivity contribution < 1.29 is 4.79 Å². The lowest BCUT2D eigenvalue weighted by molar-refractivity contribution is 0.0977. The van der Waals surface area contributed by atoms with Crippen molar-refractivity contribution in [2.24, 2.45) is 5.92 Å². The summed E-state index contributed by atoms with van der Waals surface area (Å²) in [6.45, 7) is 0. The Kier molecular flexibility index (Phi) is 1.80. The van der Waals surface area contributed by atoms with Crippen LogP contribution in [-0.4, -0.2) is 20.4 Å². The number of aromatic nitrogens is 3. The fraction of sp³-hybridized carbons (Fsp3) is 0.364. The number of ketones is 1. The molecule has 2 aromatic rings. The van der Waals surface area contributed by atoms with Crippen LogP contribution in [0.1, 0.15) is 29.6 Å². The molecule has 0 saturated heterocycles. The van der Waals surface area contributed by atoms with E-state index in [1.165, 1.54) is 12.8 Å². The fourth-order valence-corrected chi connectivity index (χ4v) is 1.74. The Bertz CT molecular complexity index is 513. The predicted molar refractivity (Wildman–Crippen MR) is 54.7 cm³/mol. The van der Waals surface area contributed by atoms with Gasteiger partial charge in [-0.25, -0.2) is 4.52 Å². The van der Waals surface area contributed by atoms with Crippen LogP contribution >= 0.6 is 0 Å². The number of Topliss-reactive ketones (excluding diaryl/α,β-unsaturated/α-hetero) is 1. The van der Waals surface area contributed by atoms with E-state index >= 15 is 0 Å². The first kappa shape index (κ1) is 8.59. The second-order valence-corrected chi connectivity index (χ2v) is 4.04. The molecule has 1 saturated carbocycles. The molecule has 0 aliphatic heterocycles. The average Bonchev–Trinajstić information content (AvgIpc) is 2.96. The second-order valence-electron chi connectivity index (χ2n) is 4.04. The molecule has 0 amide bonds. The monoisotopic (exact) mass is 201 g/mol. The molecule has 1 aliphatic rings. The Morgan fingerprint density at radius 3 is 3.13 bits per heavy atom. The summed E-state index contributed by atoms with van der Waals surface area (Å²) in [5, 5.41) is 4.12. The van der Waals surface area contributed by atoms with Crippen molar-refractivity contribution >= 4 is 11.3 Å². The van der Waals surface area contributed by atoms with Crippen molar-refractivity contribution in [2.75, 3.05) is 0 Å². The molecule has 0 aromatic carbocycles. The lowest BCUT2D eigenvalue weighted by Gasteiger charge is -1.96. The van der Waals surface area contributed by atoms with E-state index in [0.29, 0.717) is 17.9 Å². The van der Waals surface area contributed by atoms with Gasteiger partial charge in [-0.05, 0) is 18.8 Å². The summed E-state index contributed by atoms with van der Waals surface area (Å²) in [5.74, 6) is 0.810. The molecule has 15 heavy (non-hydrogen) atoms. The summed E-state index contributed by atoms with van der Waals surface area (Å²) in [6, 6.07) is 0. The van der Waals surface area contributed by atoms with E-state index in [2.05, 4.69) is 10.1 Å². The number of hydrogen-bond donors (Lipinski definition) is 0. The van der Waals surface area contributed by atoms with Crippen LogP contribution in [0.2, 0.25) is 0 Å². The Hall–Kier alpha value is -1.71. The molecule has 2 heterocycles. The van der Waals surface area contributed by atoms with Gasteiger partial charge in [0.2, 0.25) is 0 Å². The molecule has 0 bridgehead atoms. The summed E-state index contributed by atoms with van der Waals surface area (Å²) < 4.78 is 1.69. The zero-order valence-electron chi connectivity index (χ0n) is 8.26. The molecule has 3 rings (SSSR count). The summed E-state index contributed by atoms with van der Waals surface area (Å²) in [5.41, 5.74) is 1.51. The van der Waals surface area contributed by atoms with Crippen molar-refractivity contribution in [3.8, 4) is 0 Å². The van der Waals surface area contributed by atoms with Crippen LogP contribution in [-0.2, 0) is 0 Å². The van der Waals surface area contributed by atoms with Crippen molar-refractivity contribution in [2.45, 2.75) is 19.3 Å². The van der Waals surface area contributed by atoms with Crippen LogP contribution < -0.4 is 0 Å². The molecule has 1 aliphatic carbocycles. The van der Waals surface area contributed by atoms with Crippen molar-refractivity contribution in [1.82, 2.24) is 14.6 Å². The van der Waals surface area contributed by atoms with Crippen LogP contribution in [0.3, 0.4) is 0 Å². The van der Waals surface area contributed by atoms with E-state index in [9.17, 15) is 4.79 Å². The van der Waals surface area contributed by atoms with Gasteiger partial charge in [0.25, 0.3) is 0 Å². The Balaban J connectivity index is 1.98. The lowest BCUT2D eigenvalue weighted by Crippen LogP contribution is -1.99. The third kappa shape index (κ3) is 1.52. The summed E-state index contributed by atoms with van der Waals surface area (Å²) in [6.07, 6.45) is 9.80. The lowest BCUT2D eigenvalue weighted by atomic mass is 10.1. The van der Waals surface area contributed by atoms with Crippen LogP contribution in [0.15, 0.2) is 24.8 Å². The smallest absolute Gasteiger partial charge is 0.167 e. The molecule has 1 fully saturated rings. The van der Waals surface area contributed by atoms with Gasteiger partial charge in [0.1, 0.15) is 0 Å². The summed E-state index contributed by atoms with van der Waals surface area (Å²) >= 11 is 0. The van der Waals surface area contributed by atoms with Gasteiger partial charge in [-0.2, -0.15) is 5.10 Å².